The van der Waals surface area contributed by atoms with Gasteiger partial charge >= 0.3 is 0 Å². The lowest BCUT2D eigenvalue weighted by molar-refractivity contribution is 0.463. The number of allylic oxidation sites excluding steroid dienone is 4. The van der Waals surface area contributed by atoms with Gasteiger partial charge in [0.1, 0.15) is 5.75 Å². The highest BCUT2D eigenvalue weighted by molar-refractivity contribution is 5.43. The van der Waals surface area contributed by atoms with Crippen LogP contribution in [0.2, 0.25) is 0 Å². The molecule has 1 aromatic rings. The molecule has 0 saturated carbocycles. The Labute approximate surface area is 148 Å². The first-order valence-electron chi connectivity index (χ1n) is 9.17. The van der Waals surface area contributed by atoms with Gasteiger partial charge in [0.2, 0.25) is 0 Å². The molecule has 0 atom stereocenters. The van der Waals surface area contributed by atoms with E-state index in [4.69, 9.17) is 0 Å². The minimum atomic E-state index is 0.336. The molecule has 0 unspecified atom stereocenters. The van der Waals surface area contributed by atoms with Crippen molar-refractivity contribution in [1.29, 1.82) is 0 Å². The number of hydrogen-bond donors (Lipinski definition) is 1. The van der Waals surface area contributed by atoms with E-state index in [0.717, 1.165) is 53.7 Å². The van der Waals surface area contributed by atoms with Crippen molar-refractivity contribution in [1.82, 2.24) is 0 Å². The van der Waals surface area contributed by atoms with E-state index < -0.39 is 0 Å². The van der Waals surface area contributed by atoms with Gasteiger partial charge in [-0.1, -0.05) is 62.3 Å². The lowest BCUT2D eigenvalue weighted by Gasteiger charge is -2.10. The molecule has 0 aromatic heterocycles. The van der Waals surface area contributed by atoms with Gasteiger partial charge in [-0.3, -0.25) is 0 Å². The Balaban J connectivity index is 2.86. The highest BCUT2D eigenvalue weighted by Gasteiger charge is 2.07. The van der Waals surface area contributed by atoms with Crippen molar-refractivity contribution in [2.24, 2.45) is 0 Å². The highest BCUT2D eigenvalue weighted by Crippen LogP contribution is 2.14. The Kier molecular flexibility index (Phi) is 8.60. The molecule has 1 aromatic carbocycles. The third-order valence-corrected chi connectivity index (χ3v) is 4.49. The van der Waals surface area contributed by atoms with Gasteiger partial charge in [0.15, 0.2) is 0 Å². The summed E-state index contributed by atoms with van der Waals surface area (Å²) in [6.07, 6.45) is 11.9. The molecule has 1 N–H and O–H groups in total. The molecule has 0 heterocycles. The average Bonchev–Trinajstić information content (AvgIpc) is 2.51. The van der Waals surface area contributed by atoms with E-state index in [9.17, 15) is 5.11 Å². The third-order valence-electron chi connectivity index (χ3n) is 4.49. The molecule has 0 bridgehead atoms. The number of benzene rings is 1. The van der Waals surface area contributed by atoms with Crippen molar-refractivity contribution in [2.45, 2.75) is 72.6 Å². The standard InChI is InChI=1S/C23H34O/c1-7-8-9-13-21-16-19(5)22(23(24)20(21)6)15-14-18(4)12-10-11-17(2)3/h11,14,16,24H,5-10,12-13,15H2,1-4H3/b18-14+. The molecule has 0 aliphatic carbocycles. The fraction of sp³-hybridized carbons (Fsp3) is 0.478. The molecule has 0 spiro atoms. The van der Waals surface area contributed by atoms with Gasteiger partial charge in [0, 0.05) is 10.8 Å². The molecular formula is C23H34O. The van der Waals surface area contributed by atoms with E-state index in [2.05, 4.69) is 59.1 Å². The van der Waals surface area contributed by atoms with E-state index in [1.807, 2.05) is 0 Å². The highest BCUT2D eigenvalue weighted by atomic mass is 16.3. The first kappa shape index (κ1) is 20.3. The van der Waals surface area contributed by atoms with Gasteiger partial charge in [0.05, 0.1) is 0 Å². The summed E-state index contributed by atoms with van der Waals surface area (Å²) in [4.78, 5) is 0. The number of phenols is 1. The van der Waals surface area contributed by atoms with Crippen LogP contribution in [0.4, 0.5) is 0 Å². The summed E-state index contributed by atoms with van der Waals surface area (Å²) in [5, 5.41) is 12.2. The smallest absolute Gasteiger partial charge is 0.126 e. The molecule has 0 radical (unpaired) electrons. The maximum atomic E-state index is 10.5. The third kappa shape index (κ3) is 6.39. The number of rotatable bonds is 9. The van der Waals surface area contributed by atoms with Crippen LogP contribution in [0.15, 0.2) is 29.4 Å². The van der Waals surface area contributed by atoms with Gasteiger partial charge in [0.25, 0.3) is 0 Å². The molecule has 1 heteroatoms. The zero-order valence-electron chi connectivity index (χ0n) is 16.0. The Morgan fingerprint density at radius 2 is 1.83 bits per heavy atom. The summed E-state index contributed by atoms with van der Waals surface area (Å²) < 4.78 is 0. The SMILES string of the molecule is C=c1cc(CCCCC)c(=C)c(O)c1C/C=C(\C)CCC=C(C)C. The van der Waals surface area contributed by atoms with Crippen LogP contribution in [-0.2, 0) is 12.8 Å². The van der Waals surface area contributed by atoms with Crippen LogP contribution in [0.25, 0.3) is 13.2 Å². The van der Waals surface area contributed by atoms with Crippen molar-refractivity contribution < 1.29 is 5.11 Å². The largest absolute Gasteiger partial charge is 0.507 e. The maximum absolute atomic E-state index is 10.5. The van der Waals surface area contributed by atoms with Crippen molar-refractivity contribution in [3.8, 4) is 5.75 Å². The van der Waals surface area contributed by atoms with Crippen LogP contribution in [0, 0.1) is 0 Å². The van der Waals surface area contributed by atoms with Crippen molar-refractivity contribution in [2.75, 3.05) is 0 Å². The normalized spacial score (nSPS) is 11.6. The average molecular weight is 327 g/mol. The lowest BCUT2D eigenvalue weighted by atomic mass is 9.98. The molecule has 1 rings (SSSR count). The van der Waals surface area contributed by atoms with E-state index in [0.29, 0.717) is 5.75 Å². The molecule has 0 fully saturated rings. The summed E-state index contributed by atoms with van der Waals surface area (Å²) in [6.45, 7) is 16.9. The zero-order valence-corrected chi connectivity index (χ0v) is 16.0. The van der Waals surface area contributed by atoms with Crippen molar-refractivity contribution >= 4 is 13.2 Å². The second kappa shape index (κ2) is 10.2. The van der Waals surface area contributed by atoms with Crippen molar-refractivity contribution in [3.63, 3.8) is 0 Å². The van der Waals surface area contributed by atoms with Gasteiger partial charge in [-0.15, -0.1) is 0 Å². The van der Waals surface area contributed by atoms with Gasteiger partial charge in [-0.25, -0.2) is 0 Å². The van der Waals surface area contributed by atoms with E-state index in [-0.39, 0.29) is 0 Å². The Bertz CT molecular complexity index is 688. The first-order valence-corrected chi connectivity index (χ1v) is 9.17. The van der Waals surface area contributed by atoms with Gasteiger partial charge < -0.3 is 5.11 Å². The molecule has 24 heavy (non-hydrogen) atoms. The van der Waals surface area contributed by atoms with Crippen LogP contribution in [0.3, 0.4) is 0 Å². The molecule has 132 valence electrons. The fourth-order valence-electron chi connectivity index (χ4n) is 2.85. The summed E-state index contributed by atoms with van der Waals surface area (Å²) in [7, 11) is 0. The van der Waals surface area contributed by atoms with Crippen LogP contribution < -0.4 is 10.4 Å². The first-order chi connectivity index (χ1) is 11.4. The molecular weight excluding hydrogens is 292 g/mol. The van der Waals surface area contributed by atoms with E-state index in [1.54, 1.807) is 0 Å². The lowest BCUT2D eigenvalue weighted by Crippen LogP contribution is -2.19. The Hall–Kier alpha value is -1.76. The minimum Gasteiger partial charge on any atom is -0.507 e. The topological polar surface area (TPSA) is 20.2 Å². The molecule has 1 nitrogen and oxygen atoms in total. The van der Waals surface area contributed by atoms with E-state index >= 15 is 0 Å². The number of aromatic hydroxyl groups is 1. The fourth-order valence-corrected chi connectivity index (χ4v) is 2.85. The summed E-state index contributed by atoms with van der Waals surface area (Å²) in [6, 6.07) is 2.11. The van der Waals surface area contributed by atoms with Crippen LogP contribution >= 0.6 is 0 Å². The second-order valence-corrected chi connectivity index (χ2v) is 7.03. The molecule has 0 aliphatic rings. The summed E-state index contributed by atoms with van der Waals surface area (Å²) in [5.41, 5.74) is 4.77. The van der Waals surface area contributed by atoms with Crippen LogP contribution in [0.5, 0.6) is 5.75 Å². The van der Waals surface area contributed by atoms with E-state index in [1.165, 1.54) is 24.0 Å². The Morgan fingerprint density at radius 1 is 1.12 bits per heavy atom. The van der Waals surface area contributed by atoms with Crippen LogP contribution in [-0.4, -0.2) is 5.11 Å². The summed E-state index contributed by atoms with van der Waals surface area (Å²) in [5.74, 6) is 0.336. The van der Waals surface area contributed by atoms with Gasteiger partial charge in [-0.05, 0) is 63.7 Å². The monoisotopic (exact) mass is 326 g/mol. The number of aryl methyl sites for hydroxylation is 1. The van der Waals surface area contributed by atoms with Crippen LogP contribution in [0.1, 0.15) is 70.9 Å². The number of hydrogen-bond acceptors (Lipinski definition) is 1. The predicted octanol–water partition coefficient (Wildman–Crippen LogP) is 5.18. The maximum Gasteiger partial charge on any atom is 0.126 e. The van der Waals surface area contributed by atoms with Gasteiger partial charge in [-0.2, -0.15) is 0 Å². The summed E-state index contributed by atoms with van der Waals surface area (Å²) >= 11 is 0. The zero-order chi connectivity index (χ0) is 18.1. The Morgan fingerprint density at radius 3 is 2.46 bits per heavy atom. The minimum absolute atomic E-state index is 0.336. The molecule has 0 amide bonds. The number of unbranched alkanes of at least 4 members (excludes halogenated alkanes) is 2. The quantitative estimate of drug-likeness (QED) is 0.489. The molecule has 0 aliphatic heterocycles. The predicted molar refractivity (Wildman–Crippen MR) is 108 cm³/mol. The second-order valence-electron chi connectivity index (χ2n) is 7.03. The van der Waals surface area contributed by atoms with Crippen molar-refractivity contribution in [3.05, 3.63) is 50.9 Å². The number of phenolic OH excluding ortho intramolecular Hbond substituents is 1. The molecule has 0 saturated heterocycles.